The molecule has 1 aliphatic rings. The summed E-state index contributed by atoms with van der Waals surface area (Å²) in [5.74, 6) is 0.210. The van der Waals surface area contributed by atoms with E-state index in [0.717, 1.165) is 43.6 Å². The molecule has 1 aromatic heterocycles. The van der Waals surface area contributed by atoms with Gasteiger partial charge in [0.05, 0.1) is 11.4 Å². The zero-order valence-electron chi connectivity index (χ0n) is 10.7. The van der Waals surface area contributed by atoms with Gasteiger partial charge in [0.15, 0.2) is 0 Å². The lowest BCUT2D eigenvalue weighted by atomic mass is 10.0. The summed E-state index contributed by atoms with van der Waals surface area (Å²) in [7, 11) is 0. The predicted molar refractivity (Wildman–Crippen MR) is 69.2 cm³/mol. The highest BCUT2D eigenvalue weighted by atomic mass is 16.2. The number of nitrogens with zero attached hydrogens (tertiary/aromatic N) is 2. The summed E-state index contributed by atoms with van der Waals surface area (Å²) >= 11 is 0. The van der Waals surface area contributed by atoms with E-state index in [-0.39, 0.29) is 5.91 Å². The largest absolute Gasteiger partial charge is 0.311 e. The molecule has 92 valence electrons. The number of pyridine rings is 1. The van der Waals surface area contributed by atoms with Crippen molar-refractivity contribution in [1.29, 1.82) is 0 Å². The quantitative estimate of drug-likeness (QED) is 0.802. The molecule has 0 saturated carbocycles. The maximum absolute atomic E-state index is 11.9. The molecule has 2 heterocycles. The molecule has 1 amide bonds. The minimum absolute atomic E-state index is 0.210. The van der Waals surface area contributed by atoms with Gasteiger partial charge in [-0.3, -0.25) is 9.78 Å². The van der Waals surface area contributed by atoms with Gasteiger partial charge in [-0.1, -0.05) is 20.3 Å². The molecule has 3 nitrogen and oxygen atoms in total. The van der Waals surface area contributed by atoms with Crippen LogP contribution in [0.5, 0.6) is 0 Å². The molecular formula is C14H20N2O. The Morgan fingerprint density at radius 2 is 2.29 bits per heavy atom. The first kappa shape index (κ1) is 12.1. The summed E-state index contributed by atoms with van der Waals surface area (Å²) in [6, 6.07) is 2.15. The third kappa shape index (κ3) is 2.48. The molecule has 0 atom stereocenters. The van der Waals surface area contributed by atoms with Crippen LogP contribution in [0.4, 0.5) is 5.69 Å². The number of aryl methyl sites for hydroxylation is 2. The molecule has 1 aliphatic heterocycles. The number of hydrogen-bond donors (Lipinski definition) is 0. The lowest BCUT2D eigenvalue weighted by molar-refractivity contribution is -0.118. The van der Waals surface area contributed by atoms with Crippen molar-refractivity contribution in [3.8, 4) is 0 Å². The third-order valence-electron chi connectivity index (χ3n) is 3.23. The van der Waals surface area contributed by atoms with E-state index in [1.165, 1.54) is 5.56 Å². The molecule has 0 saturated heterocycles. The molecule has 0 N–H and O–H groups in total. The van der Waals surface area contributed by atoms with Crippen molar-refractivity contribution in [3.63, 3.8) is 0 Å². The second-order valence-corrected chi connectivity index (χ2v) is 4.56. The van der Waals surface area contributed by atoms with Gasteiger partial charge in [-0.2, -0.15) is 0 Å². The predicted octanol–water partition coefficient (Wildman–Crippen LogP) is 2.72. The van der Waals surface area contributed by atoms with E-state index >= 15 is 0 Å². The molecule has 0 fully saturated rings. The van der Waals surface area contributed by atoms with E-state index in [1.807, 2.05) is 18.0 Å². The number of fused-ring (bicyclic) bond motifs is 1. The van der Waals surface area contributed by atoms with E-state index < -0.39 is 0 Å². The van der Waals surface area contributed by atoms with Gasteiger partial charge in [0.2, 0.25) is 5.91 Å². The van der Waals surface area contributed by atoms with Gasteiger partial charge in [-0.15, -0.1) is 0 Å². The molecule has 0 unspecified atom stereocenters. The van der Waals surface area contributed by atoms with Gasteiger partial charge >= 0.3 is 0 Å². The minimum atomic E-state index is 0.210. The van der Waals surface area contributed by atoms with Crippen LogP contribution in [-0.2, 0) is 17.6 Å². The Hall–Kier alpha value is -1.38. The summed E-state index contributed by atoms with van der Waals surface area (Å²) in [6.45, 7) is 4.92. The van der Waals surface area contributed by atoms with Crippen molar-refractivity contribution >= 4 is 11.6 Å². The Balaban J connectivity index is 2.33. The average Bonchev–Trinajstić information content (AvgIpc) is 2.37. The topological polar surface area (TPSA) is 33.2 Å². The van der Waals surface area contributed by atoms with Crippen LogP contribution in [0.2, 0.25) is 0 Å². The van der Waals surface area contributed by atoms with Gasteiger partial charge in [-0.05, 0) is 30.9 Å². The first-order valence-corrected chi connectivity index (χ1v) is 6.54. The Morgan fingerprint density at radius 1 is 1.47 bits per heavy atom. The number of carbonyl (C=O) groups is 1. The molecule has 0 aliphatic carbocycles. The number of anilines is 1. The maximum Gasteiger partial charge on any atom is 0.226 e. The molecule has 0 spiro atoms. The molecular weight excluding hydrogens is 212 g/mol. The average molecular weight is 232 g/mol. The summed E-state index contributed by atoms with van der Waals surface area (Å²) in [4.78, 5) is 18.3. The van der Waals surface area contributed by atoms with Crippen LogP contribution >= 0.6 is 0 Å². The fourth-order valence-corrected chi connectivity index (χ4v) is 2.35. The molecule has 1 aromatic rings. The number of amides is 1. The van der Waals surface area contributed by atoms with Crippen molar-refractivity contribution in [1.82, 2.24) is 4.98 Å². The van der Waals surface area contributed by atoms with E-state index in [0.29, 0.717) is 6.42 Å². The zero-order valence-corrected chi connectivity index (χ0v) is 10.7. The SMILES string of the molecule is CCCc1cnc2c(c1)N(C(=O)CC)CCC2. The maximum atomic E-state index is 11.9. The highest BCUT2D eigenvalue weighted by molar-refractivity contribution is 5.94. The van der Waals surface area contributed by atoms with Gasteiger partial charge in [0.25, 0.3) is 0 Å². The third-order valence-corrected chi connectivity index (χ3v) is 3.23. The second-order valence-electron chi connectivity index (χ2n) is 4.56. The summed E-state index contributed by atoms with van der Waals surface area (Å²) in [5.41, 5.74) is 3.37. The molecule has 0 radical (unpaired) electrons. The molecule has 3 heteroatoms. The molecule has 0 bridgehead atoms. The summed E-state index contributed by atoms with van der Waals surface area (Å²) in [5, 5.41) is 0. The van der Waals surface area contributed by atoms with Crippen molar-refractivity contribution in [2.24, 2.45) is 0 Å². The number of rotatable bonds is 3. The van der Waals surface area contributed by atoms with Gasteiger partial charge in [-0.25, -0.2) is 0 Å². The van der Waals surface area contributed by atoms with Crippen molar-refractivity contribution in [2.75, 3.05) is 11.4 Å². The molecule has 2 rings (SSSR count). The Morgan fingerprint density at radius 3 is 3.00 bits per heavy atom. The highest BCUT2D eigenvalue weighted by Crippen LogP contribution is 2.27. The number of hydrogen-bond acceptors (Lipinski definition) is 2. The minimum Gasteiger partial charge on any atom is -0.311 e. The summed E-state index contributed by atoms with van der Waals surface area (Å²) in [6.07, 6.45) is 6.70. The van der Waals surface area contributed by atoms with Gasteiger partial charge < -0.3 is 4.90 Å². The van der Waals surface area contributed by atoms with Crippen molar-refractivity contribution < 1.29 is 4.79 Å². The Bertz CT molecular complexity index is 415. The van der Waals surface area contributed by atoms with E-state index in [1.54, 1.807) is 0 Å². The van der Waals surface area contributed by atoms with E-state index in [4.69, 9.17) is 0 Å². The van der Waals surface area contributed by atoms with Crippen LogP contribution in [0.15, 0.2) is 12.3 Å². The van der Waals surface area contributed by atoms with Crippen molar-refractivity contribution in [3.05, 3.63) is 23.5 Å². The van der Waals surface area contributed by atoms with Crippen LogP contribution in [0.25, 0.3) is 0 Å². The Kier molecular flexibility index (Phi) is 3.77. The van der Waals surface area contributed by atoms with Crippen LogP contribution in [0.3, 0.4) is 0 Å². The van der Waals surface area contributed by atoms with Crippen molar-refractivity contribution in [2.45, 2.75) is 46.0 Å². The number of aromatic nitrogens is 1. The lowest BCUT2D eigenvalue weighted by Gasteiger charge is -2.29. The monoisotopic (exact) mass is 232 g/mol. The molecule has 0 aromatic carbocycles. The Labute approximate surface area is 103 Å². The summed E-state index contributed by atoms with van der Waals surface area (Å²) < 4.78 is 0. The van der Waals surface area contributed by atoms with Gasteiger partial charge in [0.1, 0.15) is 0 Å². The van der Waals surface area contributed by atoms with Crippen LogP contribution in [0.1, 0.15) is 44.4 Å². The normalized spacial score (nSPS) is 14.6. The van der Waals surface area contributed by atoms with Crippen LogP contribution < -0.4 is 4.90 Å². The van der Waals surface area contributed by atoms with E-state index in [9.17, 15) is 4.79 Å². The zero-order chi connectivity index (χ0) is 12.3. The first-order chi connectivity index (χ1) is 8.26. The molecule has 17 heavy (non-hydrogen) atoms. The lowest BCUT2D eigenvalue weighted by Crippen LogP contribution is -2.35. The fourth-order valence-electron chi connectivity index (χ4n) is 2.35. The standard InChI is InChI=1S/C14H20N2O/c1-3-6-11-9-13-12(15-10-11)7-5-8-16(13)14(17)4-2/h9-10H,3-8H2,1-2H3. The second kappa shape index (κ2) is 5.30. The van der Waals surface area contributed by atoms with Crippen LogP contribution in [0, 0.1) is 0 Å². The highest BCUT2D eigenvalue weighted by Gasteiger charge is 2.22. The first-order valence-electron chi connectivity index (χ1n) is 6.54. The van der Waals surface area contributed by atoms with Gasteiger partial charge in [0, 0.05) is 19.2 Å². The van der Waals surface area contributed by atoms with E-state index in [2.05, 4.69) is 18.0 Å². The fraction of sp³-hybridized carbons (Fsp3) is 0.571. The number of carbonyl (C=O) groups excluding carboxylic acids is 1. The smallest absolute Gasteiger partial charge is 0.226 e. The van der Waals surface area contributed by atoms with Crippen LogP contribution in [-0.4, -0.2) is 17.4 Å².